The number of nitrogens with one attached hydrogen (secondary N) is 1. The molecule has 0 spiro atoms. The number of rotatable bonds is 4. The van der Waals surface area contributed by atoms with Crippen molar-refractivity contribution in [1.29, 1.82) is 0 Å². The van der Waals surface area contributed by atoms with Gasteiger partial charge in [-0.25, -0.2) is 9.18 Å². The van der Waals surface area contributed by atoms with Crippen LogP contribution in [0.5, 0.6) is 0 Å². The third-order valence-corrected chi connectivity index (χ3v) is 4.01. The van der Waals surface area contributed by atoms with Crippen LogP contribution in [0.25, 0.3) is 0 Å². The molecule has 0 radical (unpaired) electrons. The quantitative estimate of drug-likeness (QED) is 0.894. The van der Waals surface area contributed by atoms with Crippen molar-refractivity contribution < 1.29 is 23.9 Å². The Hall–Kier alpha value is -3.22. The minimum Gasteiger partial charge on any atom is -0.478 e. The number of carboxylic acids is 1. The monoisotopic (exact) mass is 342 g/mol. The lowest BCUT2D eigenvalue weighted by molar-refractivity contribution is -0.122. The summed E-state index contributed by atoms with van der Waals surface area (Å²) in [4.78, 5) is 36.9. The average molecular weight is 342 g/mol. The van der Waals surface area contributed by atoms with Crippen LogP contribution in [0.1, 0.15) is 16.8 Å². The Bertz CT molecular complexity index is 835. The third kappa shape index (κ3) is 3.65. The van der Waals surface area contributed by atoms with Crippen LogP contribution in [-0.2, 0) is 9.59 Å². The Balaban J connectivity index is 1.69. The molecule has 0 aliphatic carbocycles. The van der Waals surface area contributed by atoms with Gasteiger partial charge in [-0.05, 0) is 42.5 Å². The number of carboxylic acid groups (broad SMARTS) is 1. The molecule has 2 amide bonds. The first-order valence-electron chi connectivity index (χ1n) is 7.64. The van der Waals surface area contributed by atoms with Gasteiger partial charge in [0.15, 0.2) is 0 Å². The third-order valence-electron chi connectivity index (χ3n) is 4.01. The van der Waals surface area contributed by atoms with E-state index in [9.17, 15) is 18.8 Å². The van der Waals surface area contributed by atoms with E-state index in [2.05, 4.69) is 5.32 Å². The van der Waals surface area contributed by atoms with Crippen molar-refractivity contribution in [2.45, 2.75) is 6.42 Å². The second kappa shape index (κ2) is 6.72. The largest absolute Gasteiger partial charge is 0.478 e. The highest BCUT2D eigenvalue weighted by atomic mass is 19.1. The van der Waals surface area contributed by atoms with Crippen LogP contribution in [0.15, 0.2) is 48.5 Å². The van der Waals surface area contributed by atoms with E-state index in [1.807, 2.05) is 0 Å². The summed E-state index contributed by atoms with van der Waals surface area (Å²) in [5.74, 6) is -2.63. The van der Waals surface area contributed by atoms with E-state index in [4.69, 9.17) is 5.11 Å². The maximum absolute atomic E-state index is 13.0. The van der Waals surface area contributed by atoms with Gasteiger partial charge in [-0.2, -0.15) is 0 Å². The number of hydrogen-bond donors (Lipinski definition) is 2. The van der Waals surface area contributed by atoms with Gasteiger partial charge in [-0.1, -0.05) is 6.07 Å². The summed E-state index contributed by atoms with van der Waals surface area (Å²) >= 11 is 0. The molecule has 0 saturated carbocycles. The molecule has 1 saturated heterocycles. The fraction of sp³-hybridized carbons (Fsp3) is 0.167. The molecule has 1 heterocycles. The van der Waals surface area contributed by atoms with Crippen molar-refractivity contribution in [3.05, 3.63) is 59.9 Å². The maximum Gasteiger partial charge on any atom is 0.335 e. The number of carbonyl (C=O) groups excluding carboxylic acids is 2. The number of anilines is 2. The van der Waals surface area contributed by atoms with Gasteiger partial charge >= 0.3 is 5.97 Å². The Morgan fingerprint density at radius 3 is 2.56 bits per heavy atom. The first-order valence-corrected chi connectivity index (χ1v) is 7.64. The molecule has 2 aromatic carbocycles. The molecule has 2 aromatic rings. The molecule has 3 rings (SSSR count). The predicted octanol–water partition coefficient (Wildman–Crippen LogP) is 2.52. The normalized spacial score (nSPS) is 16.8. The molecule has 0 bridgehead atoms. The van der Waals surface area contributed by atoms with Crippen LogP contribution >= 0.6 is 0 Å². The number of nitrogens with zero attached hydrogens (tertiary/aromatic N) is 1. The fourth-order valence-corrected chi connectivity index (χ4v) is 2.73. The lowest BCUT2D eigenvalue weighted by Crippen LogP contribution is -2.28. The molecule has 0 aromatic heterocycles. The molecule has 1 atom stereocenters. The Kier molecular flexibility index (Phi) is 4.47. The molecular weight excluding hydrogens is 327 g/mol. The number of aromatic carboxylic acids is 1. The topological polar surface area (TPSA) is 86.7 Å². The summed E-state index contributed by atoms with van der Waals surface area (Å²) in [6, 6.07) is 11.4. The van der Waals surface area contributed by atoms with Crippen LogP contribution in [0, 0.1) is 11.7 Å². The number of halogens is 1. The summed E-state index contributed by atoms with van der Waals surface area (Å²) in [7, 11) is 0. The molecule has 6 nitrogen and oxygen atoms in total. The van der Waals surface area contributed by atoms with Gasteiger partial charge in [0, 0.05) is 24.3 Å². The molecule has 1 aliphatic heterocycles. The summed E-state index contributed by atoms with van der Waals surface area (Å²) in [6.07, 6.45) is 0.0435. The van der Waals surface area contributed by atoms with Gasteiger partial charge in [-0.15, -0.1) is 0 Å². The summed E-state index contributed by atoms with van der Waals surface area (Å²) in [5, 5.41) is 11.6. The van der Waals surface area contributed by atoms with Gasteiger partial charge in [0.05, 0.1) is 11.5 Å². The number of benzene rings is 2. The highest BCUT2D eigenvalue weighted by Crippen LogP contribution is 2.26. The van der Waals surface area contributed by atoms with Crippen molar-refractivity contribution in [2.75, 3.05) is 16.8 Å². The maximum atomic E-state index is 13.0. The highest BCUT2D eigenvalue weighted by Gasteiger charge is 2.35. The average Bonchev–Trinajstić information content (AvgIpc) is 2.98. The number of carbonyl (C=O) groups is 3. The first kappa shape index (κ1) is 16.6. The molecule has 0 unspecified atom stereocenters. The first-order chi connectivity index (χ1) is 11.9. The zero-order valence-corrected chi connectivity index (χ0v) is 13.1. The van der Waals surface area contributed by atoms with Crippen LogP contribution in [0.4, 0.5) is 15.8 Å². The van der Waals surface area contributed by atoms with E-state index < -0.39 is 17.7 Å². The Labute approximate surface area is 142 Å². The number of hydrogen-bond acceptors (Lipinski definition) is 3. The lowest BCUT2D eigenvalue weighted by atomic mass is 10.1. The van der Waals surface area contributed by atoms with Crippen molar-refractivity contribution in [2.24, 2.45) is 5.92 Å². The molecule has 1 fully saturated rings. The Morgan fingerprint density at radius 2 is 1.88 bits per heavy atom. The van der Waals surface area contributed by atoms with E-state index in [0.29, 0.717) is 11.4 Å². The van der Waals surface area contributed by atoms with Crippen LogP contribution in [0.3, 0.4) is 0 Å². The minimum absolute atomic E-state index is 0.0435. The van der Waals surface area contributed by atoms with Crippen molar-refractivity contribution in [3.63, 3.8) is 0 Å². The second-order valence-corrected chi connectivity index (χ2v) is 5.76. The van der Waals surface area contributed by atoms with Gasteiger partial charge in [0.1, 0.15) is 5.82 Å². The van der Waals surface area contributed by atoms with Gasteiger partial charge in [0.2, 0.25) is 11.8 Å². The zero-order valence-electron chi connectivity index (χ0n) is 13.1. The van der Waals surface area contributed by atoms with Crippen molar-refractivity contribution in [1.82, 2.24) is 0 Å². The van der Waals surface area contributed by atoms with E-state index in [1.54, 1.807) is 6.07 Å². The van der Waals surface area contributed by atoms with Crippen molar-refractivity contribution >= 4 is 29.2 Å². The SMILES string of the molecule is O=C(O)c1cccc(NC(=O)[C@H]2CC(=O)N(c3ccc(F)cc3)C2)c1. The smallest absolute Gasteiger partial charge is 0.335 e. The molecule has 2 N–H and O–H groups in total. The standard InChI is InChI=1S/C18H15FN2O4/c19-13-4-6-15(7-5-13)21-10-12(9-16(21)22)17(23)20-14-3-1-2-11(8-14)18(24)25/h1-8,12H,9-10H2,(H,20,23)(H,24,25)/t12-/m0/s1. The lowest BCUT2D eigenvalue weighted by Gasteiger charge is -2.16. The van der Waals surface area contributed by atoms with Crippen LogP contribution in [-0.4, -0.2) is 29.4 Å². The van der Waals surface area contributed by atoms with E-state index in [0.717, 1.165) is 0 Å². The Morgan fingerprint density at radius 1 is 1.16 bits per heavy atom. The summed E-state index contributed by atoms with van der Waals surface area (Å²) < 4.78 is 13.0. The minimum atomic E-state index is -1.09. The van der Waals surface area contributed by atoms with E-state index in [-0.39, 0.29) is 30.3 Å². The van der Waals surface area contributed by atoms with Gasteiger partial charge in [0.25, 0.3) is 0 Å². The molecule has 1 aliphatic rings. The van der Waals surface area contributed by atoms with Crippen molar-refractivity contribution in [3.8, 4) is 0 Å². The van der Waals surface area contributed by atoms with E-state index >= 15 is 0 Å². The highest BCUT2D eigenvalue weighted by molar-refractivity contribution is 6.03. The molecule has 128 valence electrons. The summed E-state index contributed by atoms with van der Waals surface area (Å²) in [5.41, 5.74) is 0.959. The molecular formula is C18H15FN2O4. The molecule has 7 heteroatoms. The van der Waals surface area contributed by atoms with Crippen LogP contribution < -0.4 is 10.2 Å². The predicted molar refractivity (Wildman–Crippen MR) is 88.9 cm³/mol. The van der Waals surface area contributed by atoms with Gasteiger partial charge < -0.3 is 15.3 Å². The molecule has 25 heavy (non-hydrogen) atoms. The fourth-order valence-electron chi connectivity index (χ4n) is 2.73. The second-order valence-electron chi connectivity index (χ2n) is 5.76. The van der Waals surface area contributed by atoms with Gasteiger partial charge in [-0.3, -0.25) is 9.59 Å². The van der Waals surface area contributed by atoms with Crippen LogP contribution in [0.2, 0.25) is 0 Å². The van der Waals surface area contributed by atoms with E-state index in [1.165, 1.54) is 47.4 Å². The number of amides is 2. The summed E-state index contributed by atoms with van der Waals surface area (Å²) in [6.45, 7) is 0.189. The zero-order chi connectivity index (χ0) is 18.0.